The first-order valence-corrected chi connectivity index (χ1v) is 8.58. The summed E-state index contributed by atoms with van der Waals surface area (Å²) < 4.78 is 32.1. The van der Waals surface area contributed by atoms with Gasteiger partial charge in [-0.15, -0.1) is 0 Å². The molecule has 1 N–H and O–H groups in total. The molecule has 6 heteroatoms. The first kappa shape index (κ1) is 18.1. The van der Waals surface area contributed by atoms with E-state index in [1.54, 1.807) is 25.3 Å². The van der Waals surface area contributed by atoms with Crippen LogP contribution in [0.2, 0.25) is 0 Å². The number of nitrogens with one attached hydrogen (secondary N) is 1. The van der Waals surface area contributed by atoms with Gasteiger partial charge >= 0.3 is 0 Å². The van der Waals surface area contributed by atoms with Gasteiger partial charge in [-0.05, 0) is 30.7 Å². The van der Waals surface area contributed by atoms with Gasteiger partial charge in [0, 0.05) is 26.7 Å². The van der Waals surface area contributed by atoms with E-state index in [0.29, 0.717) is 31.1 Å². The van der Waals surface area contributed by atoms with Gasteiger partial charge in [-0.25, -0.2) is 8.42 Å². The van der Waals surface area contributed by atoms with Crippen LogP contribution >= 0.6 is 0 Å². The second kappa shape index (κ2) is 8.48. The summed E-state index contributed by atoms with van der Waals surface area (Å²) in [5.41, 5.74) is 0.954. The minimum absolute atomic E-state index is 0.261. The van der Waals surface area contributed by atoms with Crippen molar-refractivity contribution in [1.82, 2.24) is 9.62 Å². The number of hydrogen-bond donors (Lipinski definition) is 1. The topological polar surface area (TPSA) is 58.6 Å². The molecular weight excluding hydrogens is 288 g/mol. The summed E-state index contributed by atoms with van der Waals surface area (Å²) in [6.45, 7) is 5.91. The molecule has 1 rings (SSSR count). The maximum absolute atomic E-state index is 12.8. The van der Waals surface area contributed by atoms with Crippen LogP contribution in [0.1, 0.15) is 19.4 Å². The molecular formula is C15H26N2O3S. The van der Waals surface area contributed by atoms with Crippen molar-refractivity contribution in [1.29, 1.82) is 0 Å². The van der Waals surface area contributed by atoms with Crippen molar-refractivity contribution in [2.24, 2.45) is 5.92 Å². The average molecular weight is 314 g/mol. The fourth-order valence-electron chi connectivity index (χ4n) is 2.08. The smallest absolute Gasteiger partial charge is 0.243 e. The van der Waals surface area contributed by atoms with Gasteiger partial charge in [-0.1, -0.05) is 26.0 Å². The van der Waals surface area contributed by atoms with Gasteiger partial charge in [0.1, 0.15) is 0 Å². The Kier molecular flexibility index (Phi) is 7.31. The summed E-state index contributed by atoms with van der Waals surface area (Å²) in [6, 6.07) is 7.07. The Balaban J connectivity index is 3.05. The second-order valence-electron chi connectivity index (χ2n) is 5.43. The summed E-state index contributed by atoms with van der Waals surface area (Å²) in [7, 11) is -0.0684. The summed E-state index contributed by atoms with van der Waals surface area (Å²) in [6.07, 6.45) is 0. The van der Waals surface area contributed by atoms with Crippen LogP contribution < -0.4 is 5.32 Å². The van der Waals surface area contributed by atoms with Crippen LogP contribution in [-0.2, 0) is 21.3 Å². The molecule has 0 fully saturated rings. The monoisotopic (exact) mass is 314 g/mol. The lowest BCUT2D eigenvalue weighted by Crippen LogP contribution is -2.36. The van der Waals surface area contributed by atoms with Crippen LogP contribution in [0.15, 0.2) is 29.2 Å². The molecule has 0 heterocycles. The highest BCUT2D eigenvalue weighted by Gasteiger charge is 2.25. The Hall–Kier alpha value is -0.950. The lowest BCUT2D eigenvalue weighted by atomic mass is 10.2. The molecule has 0 spiro atoms. The third-order valence-corrected chi connectivity index (χ3v) is 4.89. The summed E-state index contributed by atoms with van der Waals surface area (Å²) in [5, 5.41) is 3.03. The van der Waals surface area contributed by atoms with E-state index in [1.165, 1.54) is 4.31 Å². The van der Waals surface area contributed by atoms with Gasteiger partial charge in [-0.3, -0.25) is 0 Å². The van der Waals surface area contributed by atoms with E-state index < -0.39 is 10.0 Å². The lowest BCUT2D eigenvalue weighted by Gasteiger charge is -2.24. The van der Waals surface area contributed by atoms with Crippen LogP contribution in [0.4, 0.5) is 0 Å². The van der Waals surface area contributed by atoms with Crippen LogP contribution in [0.25, 0.3) is 0 Å². The first-order chi connectivity index (χ1) is 9.91. The summed E-state index contributed by atoms with van der Waals surface area (Å²) >= 11 is 0. The zero-order chi connectivity index (χ0) is 15.9. The molecule has 0 amide bonds. The van der Waals surface area contributed by atoms with Crippen molar-refractivity contribution in [3.05, 3.63) is 29.8 Å². The maximum atomic E-state index is 12.8. The highest BCUT2D eigenvalue weighted by molar-refractivity contribution is 7.89. The van der Waals surface area contributed by atoms with Gasteiger partial charge < -0.3 is 10.1 Å². The molecule has 0 aliphatic carbocycles. The number of hydrogen-bond acceptors (Lipinski definition) is 4. The quantitative estimate of drug-likeness (QED) is 0.754. The molecule has 0 aliphatic rings. The summed E-state index contributed by atoms with van der Waals surface area (Å²) in [5.74, 6) is 0.261. The van der Waals surface area contributed by atoms with Gasteiger partial charge in [0.2, 0.25) is 10.0 Å². The Morgan fingerprint density at radius 2 is 2.05 bits per heavy atom. The number of nitrogens with zero attached hydrogens (tertiary/aromatic N) is 1. The van der Waals surface area contributed by atoms with E-state index in [9.17, 15) is 8.42 Å². The molecule has 0 aliphatic heterocycles. The Labute approximate surface area is 128 Å². The molecule has 120 valence electrons. The molecule has 5 nitrogen and oxygen atoms in total. The van der Waals surface area contributed by atoms with Gasteiger partial charge in [0.15, 0.2) is 0 Å². The van der Waals surface area contributed by atoms with Crippen LogP contribution in [0, 0.1) is 5.92 Å². The van der Waals surface area contributed by atoms with E-state index in [1.807, 2.05) is 27.0 Å². The van der Waals surface area contributed by atoms with Crippen molar-refractivity contribution in [2.75, 3.05) is 33.9 Å². The molecule has 1 aromatic carbocycles. The van der Waals surface area contributed by atoms with Crippen molar-refractivity contribution >= 4 is 10.0 Å². The Morgan fingerprint density at radius 3 is 2.62 bits per heavy atom. The van der Waals surface area contributed by atoms with Crippen molar-refractivity contribution in [3.63, 3.8) is 0 Å². The number of ether oxygens (including phenoxy) is 1. The molecule has 0 saturated carbocycles. The number of benzene rings is 1. The number of methoxy groups -OCH3 is 1. The fraction of sp³-hybridized carbons (Fsp3) is 0.600. The predicted octanol–water partition coefficient (Wildman–Crippen LogP) is 1.70. The predicted molar refractivity (Wildman–Crippen MR) is 84.7 cm³/mol. The number of sulfonamides is 1. The Bertz CT molecular complexity index is 529. The van der Waals surface area contributed by atoms with Crippen molar-refractivity contribution in [3.8, 4) is 0 Å². The zero-order valence-electron chi connectivity index (χ0n) is 13.3. The lowest BCUT2D eigenvalue weighted by molar-refractivity contribution is 0.175. The standard InChI is InChI=1S/C15H26N2O3S/c1-13(2)12-17(8-9-20-4)21(18,19)15-7-5-6-14(10-15)11-16-3/h5-7,10,13,16H,8-9,11-12H2,1-4H3. The molecule has 0 radical (unpaired) electrons. The molecule has 0 atom stereocenters. The van der Waals surface area contributed by atoms with Gasteiger partial charge in [-0.2, -0.15) is 4.31 Å². The largest absolute Gasteiger partial charge is 0.383 e. The zero-order valence-corrected chi connectivity index (χ0v) is 14.1. The van der Waals surface area contributed by atoms with E-state index in [-0.39, 0.29) is 5.92 Å². The van der Waals surface area contributed by atoms with Gasteiger partial charge in [0.05, 0.1) is 11.5 Å². The summed E-state index contributed by atoms with van der Waals surface area (Å²) in [4.78, 5) is 0.340. The first-order valence-electron chi connectivity index (χ1n) is 7.14. The van der Waals surface area contributed by atoms with Crippen molar-refractivity contribution < 1.29 is 13.2 Å². The minimum atomic E-state index is -3.48. The van der Waals surface area contributed by atoms with E-state index in [4.69, 9.17) is 4.74 Å². The van der Waals surface area contributed by atoms with E-state index in [0.717, 1.165) is 5.56 Å². The molecule has 0 bridgehead atoms. The molecule has 0 aromatic heterocycles. The fourth-order valence-corrected chi connectivity index (χ4v) is 3.74. The third-order valence-electron chi connectivity index (χ3n) is 3.03. The second-order valence-corrected chi connectivity index (χ2v) is 7.37. The van der Waals surface area contributed by atoms with Crippen molar-refractivity contribution in [2.45, 2.75) is 25.3 Å². The van der Waals surface area contributed by atoms with Gasteiger partial charge in [0.25, 0.3) is 0 Å². The highest BCUT2D eigenvalue weighted by Crippen LogP contribution is 2.18. The Morgan fingerprint density at radius 1 is 1.33 bits per heavy atom. The number of rotatable bonds is 9. The SMILES string of the molecule is CNCc1cccc(S(=O)(=O)N(CCOC)CC(C)C)c1. The minimum Gasteiger partial charge on any atom is -0.383 e. The maximum Gasteiger partial charge on any atom is 0.243 e. The molecule has 21 heavy (non-hydrogen) atoms. The van der Waals surface area contributed by atoms with Crippen LogP contribution in [0.5, 0.6) is 0 Å². The average Bonchev–Trinajstić information content (AvgIpc) is 2.43. The third kappa shape index (κ3) is 5.39. The van der Waals surface area contributed by atoms with E-state index >= 15 is 0 Å². The molecule has 0 unspecified atom stereocenters. The normalized spacial score (nSPS) is 12.3. The molecule has 1 aromatic rings. The molecule has 0 saturated heterocycles. The highest BCUT2D eigenvalue weighted by atomic mass is 32.2. The van der Waals surface area contributed by atoms with Crippen LogP contribution in [-0.4, -0.2) is 46.6 Å². The van der Waals surface area contributed by atoms with E-state index in [2.05, 4.69) is 5.32 Å². The van der Waals surface area contributed by atoms with Crippen LogP contribution in [0.3, 0.4) is 0 Å².